The van der Waals surface area contributed by atoms with E-state index in [4.69, 9.17) is 0 Å². The Labute approximate surface area is 129 Å². The molecule has 0 spiro atoms. The molecule has 0 aromatic heterocycles. The molecule has 0 saturated heterocycles. The molecule has 1 atom stereocenters. The molecular formula is C20H29F. The number of hydrogen-bond donors (Lipinski definition) is 0. The van der Waals surface area contributed by atoms with Crippen LogP contribution in [0.15, 0.2) is 48.6 Å². The summed E-state index contributed by atoms with van der Waals surface area (Å²) in [6.07, 6.45) is 10.2. The SMILES string of the molecule is C=CCC/C(=C\C)C(CC)(CCCC)c1ccccc1F. The first-order valence-electron chi connectivity index (χ1n) is 8.17. The van der Waals surface area contributed by atoms with Crippen LogP contribution < -0.4 is 0 Å². The Morgan fingerprint density at radius 1 is 1.29 bits per heavy atom. The molecule has 0 aliphatic rings. The van der Waals surface area contributed by atoms with Gasteiger partial charge in [0, 0.05) is 5.41 Å². The number of rotatable bonds is 9. The first-order valence-corrected chi connectivity index (χ1v) is 8.17. The molecule has 1 unspecified atom stereocenters. The van der Waals surface area contributed by atoms with E-state index in [2.05, 4.69) is 33.4 Å². The second-order valence-corrected chi connectivity index (χ2v) is 5.66. The van der Waals surface area contributed by atoms with Gasteiger partial charge in [0.15, 0.2) is 0 Å². The van der Waals surface area contributed by atoms with Crippen LogP contribution in [0.4, 0.5) is 4.39 Å². The normalized spacial score (nSPS) is 14.8. The van der Waals surface area contributed by atoms with Crippen molar-refractivity contribution in [2.24, 2.45) is 0 Å². The molecule has 0 heterocycles. The van der Waals surface area contributed by atoms with E-state index in [0.29, 0.717) is 0 Å². The van der Waals surface area contributed by atoms with Gasteiger partial charge in [-0.25, -0.2) is 4.39 Å². The van der Waals surface area contributed by atoms with Gasteiger partial charge in [0.25, 0.3) is 0 Å². The van der Waals surface area contributed by atoms with Crippen molar-refractivity contribution in [2.75, 3.05) is 0 Å². The molecule has 0 aliphatic carbocycles. The minimum absolute atomic E-state index is 0.0755. The van der Waals surface area contributed by atoms with Gasteiger partial charge in [-0.3, -0.25) is 0 Å². The molecule has 0 fully saturated rings. The van der Waals surface area contributed by atoms with Gasteiger partial charge in [-0.1, -0.05) is 62.6 Å². The van der Waals surface area contributed by atoms with Crippen LogP contribution in [0.1, 0.15) is 64.9 Å². The second-order valence-electron chi connectivity index (χ2n) is 5.66. The summed E-state index contributed by atoms with van der Waals surface area (Å²) in [5.41, 5.74) is 2.04. The van der Waals surface area contributed by atoms with E-state index in [9.17, 15) is 4.39 Å². The minimum atomic E-state index is -0.168. The maximum atomic E-state index is 14.5. The van der Waals surface area contributed by atoms with Gasteiger partial charge in [0.1, 0.15) is 5.82 Å². The predicted octanol–water partition coefficient (Wildman–Crippen LogP) is 6.58. The van der Waals surface area contributed by atoms with Crippen LogP contribution in [0.2, 0.25) is 0 Å². The molecule has 0 aliphatic heterocycles. The second kappa shape index (κ2) is 8.81. The smallest absolute Gasteiger partial charge is 0.127 e. The zero-order valence-electron chi connectivity index (χ0n) is 13.8. The lowest BCUT2D eigenvalue weighted by Crippen LogP contribution is -2.29. The van der Waals surface area contributed by atoms with Gasteiger partial charge in [0.05, 0.1) is 0 Å². The summed E-state index contributed by atoms with van der Waals surface area (Å²) in [7, 11) is 0. The van der Waals surface area contributed by atoms with Crippen molar-refractivity contribution in [3.63, 3.8) is 0 Å². The van der Waals surface area contributed by atoms with Gasteiger partial charge in [-0.05, 0) is 44.2 Å². The van der Waals surface area contributed by atoms with Crippen LogP contribution in [-0.2, 0) is 5.41 Å². The molecule has 0 radical (unpaired) electrons. The first kappa shape index (κ1) is 17.7. The molecule has 0 N–H and O–H groups in total. The maximum Gasteiger partial charge on any atom is 0.127 e. The fourth-order valence-corrected chi connectivity index (χ4v) is 3.31. The largest absolute Gasteiger partial charge is 0.207 e. The third-order valence-electron chi connectivity index (χ3n) is 4.53. The molecule has 0 saturated carbocycles. The fraction of sp³-hybridized carbons (Fsp3) is 0.500. The van der Waals surface area contributed by atoms with Crippen LogP contribution >= 0.6 is 0 Å². The average molecular weight is 288 g/mol. The van der Waals surface area contributed by atoms with Crippen LogP contribution in [-0.4, -0.2) is 0 Å². The van der Waals surface area contributed by atoms with E-state index in [-0.39, 0.29) is 11.2 Å². The monoisotopic (exact) mass is 288 g/mol. The van der Waals surface area contributed by atoms with Crippen molar-refractivity contribution in [1.82, 2.24) is 0 Å². The topological polar surface area (TPSA) is 0 Å². The third kappa shape index (κ3) is 4.06. The lowest BCUT2D eigenvalue weighted by Gasteiger charge is -2.37. The highest BCUT2D eigenvalue weighted by Crippen LogP contribution is 2.43. The van der Waals surface area contributed by atoms with E-state index in [1.54, 1.807) is 12.1 Å². The Morgan fingerprint density at radius 2 is 2.00 bits per heavy atom. The van der Waals surface area contributed by atoms with E-state index >= 15 is 0 Å². The summed E-state index contributed by atoms with van der Waals surface area (Å²) in [5.74, 6) is -0.0755. The fourth-order valence-electron chi connectivity index (χ4n) is 3.31. The highest BCUT2D eigenvalue weighted by atomic mass is 19.1. The lowest BCUT2D eigenvalue weighted by atomic mass is 9.67. The Balaban J connectivity index is 3.33. The van der Waals surface area contributed by atoms with E-state index < -0.39 is 0 Å². The maximum absolute atomic E-state index is 14.5. The highest BCUT2D eigenvalue weighted by Gasteiger charge is 2.35. The standard InChI is InChI=1S/C20H29F/c1-5-9-13-17(7-3)20(8-4,16-10-6-2)18-14-11-12-15-19(18)21/h5,7,11-12,14-15H,1,6,8-10,13,16H2,2-4H3/b17-7+. The summed E-state index contributed by atoms with van der Waals surface area (Å²) in [6, 6.07) is 7.28. The van der Waals surface area contributed by atoms with E-state index in [1.165, 1.54) is 5.57 Å². The summed E-state index contributed by atoms with van der Waals surface area (Å²) in [5, 5.41) is 0. The van der Waals surface area contributed by atoms with Crippen molar-refractivity contribution in [3.05, 3.63) is 60.0 Å². The number of allylic oxidation sites excluding steroid dienone is 3. The lowest BCUT2D eigenvalue weighted by molar-refractivity contribution is 0.397. The van der Waals surface area contributed by atoms with Gasteiger partial charge < -0.3 is 0 Å². The Bertz CT molecular complexity index is 472. The number of hydrogen-bond acceptors (Lipinski definition) is 0. The quantitative estimate of drug-likeness (QED) is 0.450. The van der Waals surface area contributed by atoms with Gasteiger partial charge in [-0.2, -0.15) is 0 Å². The molecule has 0 bridgehead atoms. The summed E-state index contributed by atoms with van der Waals surface area (Å²) in [6.45, 7) is 10.3. The molecule has 1 rings (SSSR count). The third-order valence-corrected chi connectivity index (χ3v) is 4.53. The molecule has 116 valence electrons. The Morgan fingerprint density at radius 3 is 2.52 bits per heavy atom. The molecule has 1 heteroatoms. The predicted molar refractivity (Wildman–Crippen MR) is 91.1 cm³/mol. The van der Waals surface area contributed by atoms with Crippen LogP contribution in [0.25, 0.3) is 0 Å². The number of halogens is 1. The Kier molecular flexibility index (Phi) is 7.42. The van der Waals surface area contributed by atoms with Gasteiger partial charge >= 0.3 is 0 Å². The van der Waals surface area contributed by atoms with Gasteiger partial charge in [-0.15, -0.1) is 6.58 Å². The zero-order valence-corrected chi connectivity index (χ0v) is 13.8. The van der Waals surface area contributed by atoms with Crippen molar-refractivity contribution in [1.29, 1.82) is 0 Å². The molecule has 0 amide bonds. The molecule has 1 aromatic carbocycles. The van der Waals surface area contributed by atoms with Crippen molar-refractivity contribution in [2.45, 2.75) is 64.7 Å². The first-order chi connectivity index (χ1) is 10.2. The highest BCUT2D eigenvalue weighted by molar-refractivity contribution is 5.37. The molecular weight excluding hydrogens is 259 g/mol. The zero-order chi connectivity index (χ0) is 15.7. The van der Waals surface area contributed by atoms with Crippen molar-refractivity contribution >= 4 is 0 Å². The van der Waals surface area contributed by atoms with Crippen molar-refractivity contribution < 1.29 is 4.39 Å². The molecule has 0 nitrogen and oxygen atoms in total. The summed E-state index contributed by atoms with van der Waals surface area (Å²) < 4.78 is 14.5. The number of unbranched alkanes of at least 4 members (excludes halogenated alkanes) is 1. The molecule has 1 aromatic rings. The summed E-state index contributed by atoms with van der Waals surface area (Å²) in [4.78, 5) is 0. The average Bonchev–Trinajstić information content (AvgIpc) is 2.52. The van der Waals surface area contributed by atoms with Crippen molar-refractivity contribution in [3.8, 4) is 0 Å². The van der Waals surface area contributed by atoms with Crippen LogP contribution in [0.5, 0.6) is 0 Å². The van der Waals surface area contributed by atoms with E-state index in [1.807, 2.05) is 18.2 Å². The minimum Gasteiger partial charge on any atom is -0.207 e. The van der Waals surface area contributed by atoms with Crippen LogP contribution in [0.3, 0.4) is 0 Å². The van der Waals surface area contributed by atoms with Crippen LogP contribution in [0, 0.1) is 5.82 Å². The van der Waals surface area contributed by atoms with Gasteiger partial charge in [0.2, 0.25) is 0 Å². The molecule has 21 heavy (non-hydrogen) atoms. The van der Waals surface area contributed by atoms with E-state index in [0.717, 1.165) is 44.1 Å². The number of benzene rings is 1. The summed E-state index contributed by atoms with van der Waals surface area (Å²) >= 11 is 0. The Hall–Kier alpha value is -1.37.